The number of benzene rings is 1. The van der Waals surface area contributed by atoms with Gasteiger partial charge >= 0.3 is 0 Å². The van der Waals surface area contributed by atoms with Gasteiger partial charge in [0.15, 0.2) is 5.96 Å². The van der Waals surface area contributed by atoms with Gasteiger partial charge in [0.05, 0.1) is 12.6 Å². The second-order valence-electron chi connectivity index (χ2n) is 8.51. The maximum absolute atomic E-state index is 9.76. The number of ether oxygens (including phenoxy) is 1. The molecule has 0 bridgehead atoms. The highest BCUT2D eigenvalue weighted by atomic mass is 16.5. The summed E-state index contributed by atoms with van der Waals surface area (Å²) < 4.78 is 5.65. The molecule has 0 spiro atoms. The Hall–Kier alpha value is -1.63. The van der Waals surface area contributed by atoms with E-state index < -0.39 is 0 Å². The summed E-state index contributed by atoms with van der Waals surface area (Å²) in [5, 5.41) is 20.6. The van der Waals surface area contributed by atoms with Crippen molar-refractivity contribution in [2.45, 2.75) is 76.1 Å². The summed E-state index contributed by atoms with van der Waals surface area (Å²) in [5.74, 6) is 0.883. The van der Waals surface area contributed by atoms with Crippen molar-refractivity contribution in [3.63, 3.8) is 0 Å². The standard InChI is InChI=1S/C23H38N4O2/c1-3-24-22(26-20-9-11-21(28)12-10-20)25-17-23(13-15-29-16-14-23)27-18(2)19-7-5-4-6-8-19/h4-8,18,20-21,27-28H,3,9-17H2,1-2H3,(H2,24,25,26). The minimum absolute atomic E-state index is 0.0569. The van der Waals surface area contributed by atoms with Crippen LogP contribution in [0.2, 0.25) is 0 Å². The van der Waals surface area contributed by atoms with Gasteiger partial charge in [-0.05, 0) is 57.9 Å². The zero-order valence-corrected chi connectivity index (χ0v) is 18.0. The van der Waals surface area contributed by atoms with Crippen LogP contribution in [0.1, 0.15) is 64.0 Å². The van der Waals surface area contributed by atoms with Crippen LogP contribution in [0.25, 0.3) is 0 Å². The third-order valence-corrected chi connectivity index (χ3v) is 6.19. The number of nitrogens with zero attached hydrogens (tertiary/aromatic N) is 1. The number of aliphatic hydroxyl groups excluding tert-OH is 1. The van der Waals surface area contributed by atoms with Gasteiger partial charge in [0.2, 0.25) is 0 Å². The largest absolute Gasteiger partial charge is 0.393 e. The van der Waals surface area contributed by atoms with Gasteiger partial charge in [-0.2, -0.15) is 0 Å². The lowest BCUT2D eigenvalue weighted by Crippen LogP contribution is -2.53. The predicted octanol–water partition coefficient (Wildman–Crippen LogP) is 2.75. The number of nitrogens with one attached hydrogen (secondary N) is 3. The van der Waals surface area contributed by atoms with E-state index in [1.807, 2.05) is 0 Å². The first-order valence-corrected chi connectivity index (χ1v) is 11.2. The molecule has 1 aromatic rings. The third-order valence-electron chi connectivity index (χ3n) is 6.19. The molecule has 4 N–H and O–H groups in total. The van der Waals surface area contributed by atoms with E-state index in [-0.39, 0.29) is 17.7 Å². The maximum Gasteiger partial charge on any atom is 0.191 e. The van der Waals surface area contributed by atoms with E-state index in [9.17, 15) is 5.11 Å². The summed E-state index contributed by atoms with van der Waals surface area (Å²) in [7, 11) is 0. The lowest BCUT2D eigenvalue weighted by molar-refractivity contribution is 0.0374. The number of guanidine groups is 1. The molecule has 6 heteroatoms. The molecule has 6 nitrogen and oxygen atoms in total. The van der Waals surface area contributed by atoms with Crippen LogP contribution in [0.3, 0.4) is 0 Å². The van der Waals surface area contributed by atoms with Crippen LogP contribution in [0, 0.1) is 0 Å². The first kappa shape index (κ1) is 22.1. The van der Waals surface area contributed by atoms with E-state index >= 15 is 0 Å². The zero-order valence-electron chi connectivity index (χ0n) is 18.0. The number of hydrogen-bond donors (Lipinski definition) is 4. The van der Waals surface area contributed by atoms with Crippen LogP contribution in [0.15, 0.2) is 35.3 Å². The lowest BCUT2D eigenvalue weighted by Gasteiger charge is -2.39. The fourth-order valence-electron chi connectivity index (χ4n) is 4.36. The molecule has 1 aliphatic carbocycles. The number of aliphatic hydroxyl groups is 1. The second-order valence-corrected chi connectivity index (χ2v) is 8.51. The van der Waals surface area contributed by atoms with Gasteiger partial charge in [0.25, 0.3) is 0 Å². The summed E-state index contributed by atoms with van der Waals surface area (Å²) in [6, 6.07) is 11.3. The summed E-state index contributed by atoms with van der Waals surface area (Å²) in [5.41, 5.74) is 1.24. The van der Waals surface area contributed by atoms with Crippen LogP contribution < -0.4 is 16.0 Å². The van der Waals surface area contributed by atoms with Crippen molar-refractivity contribution in [3.05, 3.63) is 35.9 Å². The molecule has 0 aromatic heterocycles. The SMILES string of the molecule is CCNC(=NCC1(NC(C)c2ccccc2)CCOCC1)NC1CCC(O)CC1. The van der Waals surface area contributed by atoms with Crippen LogP contribution in [0.4, 0.5) is 0 Å². The Balaban J connectivity index is 1.66. The molecule has 1 atom stereocenters. The lowest BCUT2D eigenvalue weighted by atomic mass is 9.88. The van der Waals surface area contributed by atoms with Crippen LogP contribution >= 0.6 is 0 Å². The molecule has 0 amide bonds. The molecule has 162 valence electrons. The smallest absolute Gasteiger partial charge is 0.191 e. The highest BCUT2D eigenvalue weighted by molar-refractivity contribution is 5.80. The fourth-order valence-corrected chi connectivity index (χ4v) is 4.36. The predicted molar refractivity (Wildman–Crippen MR) is 118 cm³/mol. The number of rotatable bonds is 7. The number of aliphatic imine (C=N–C) groups is 1. The van der Waals surface area contributed by atoms with Gasteiger partial charge in [0.1, 0.15) is 0 Å². The van der Waals surface area contributed by atoms with E-state index in [2.05, 4.69) is 60.1 Å². The molecule has 3 rings (SSSR count). The molecular formula is C23H38N4O2. The molecule has 0 radical (unpaired) electrons. The van der Waals surface area contributed by atoms with Gasteiger partial charge in [0, 0.05) is 37.4 Å². The quantitative estimate of drug-likeness (QED) is 0.417. The fraction of sp³-hybridized carbons (Fsp3) is 0.696. The third kappa shape index (κ3) is 6.69. The minimum atomic E-state index is -0.137. The summed E-state index contributed by atoms with van der Waals surface area (Å²) >= 11 is 0. The Morgan fingerprint density at radius 3 is 2.52 bits per heavy atom. The molecular weight excluding hydrogens is 364 g/mol. The highest BCUT2D eigenvalue weighted by Crippen LogP contribution is 2.26. The summed E-state index contributed by atoms with van der Waals surface area (Å²) in [6.07, 6.45) is 5.51. The van der Waals surface area contributed by atoms with Crippen LogP contribution in [-0.2, 0) is 4.74 Å². The molecule has 1 aromatic carbocycles. The maximum atomic E-state index is 9.76. The first-order chi connectivity index (χ1) is 14.1. The Morgan fingerprint density at radius 1 is 1.17 bits per heavy atom. The van der Waals surface area contributed by atoms with Crippen molar-refractivity contribution < 1.29 is 9.84 Å². The normalized spacial score (nSPS) is 26.0. The van der Waals surface area contributed by atoms with Crippen LogP contribution in [-0.4, -0.2) is 55.1 Å². The van der Waals surface area contributed by atoms with Crippen LogP contribution in [0.5, 0.6) is 0 Å². The Labute approximate surface area is 175 Å². The molecule has 2 aliphatic rings. The average Bonchev–Trinajstić information content (AvgIpc) is 2.75. The minimum Gasteiger partial charge on any atom is -0.393 e. The van der Waals surface area contributed by atoms with E-state index in [4.69, 9.17) is 9.73 Å². The molecule has 1 saturated carbocycles. The highest BCUT2D eigenvalue weighted by Gasteiger charge is 2.34. The van der Waals surface area contributed by atoms with Crippen molar-refractivity contribution in [3.8, 4) is 0 Å². The molecule has 1 saturated heterocycles. The van der Waals surface area contributed by atoms with Gasteiger partial charge < -0.3 is 25.8 Å². The Morgan fingerprint density at radius 2 is 1.86 bits per heavy atom. The van der Waals surface area contributed by atoms with Gasteiger partial charge in [-0.15, -0.1) is 0 Å². The summed E-state index contributed by atoms with van der Waals surface area (Å²) in [6.45, 7) is 7.43. The van der Waals surface area contributed by atoms with Gasteiger partial charge in [-0.1, -0.05) is 30.3 Å². The second kappa shape index (κ2) is 11.0. The Kier molecular flexibility index (Phi) is 8.33. The van der Waals surface area contributed by atoms with Crippen molar-refractivity contribution >= 4 is 5.96 Å². The van der Waals surface area contributed by atoms with Crippen molar-refractivity contribution in [1.29, 1.82) is 0 Å². The topological polar surface area (TPSA) is 77.9 Å². The monoisotopic (exact) mass is 402 g/mol. The Bertz CT molecular complexity index is 623. The van der Waals surface area contributed by atoms with Gasteiger partial charge in [-0.3, -0.25) is 4.99 Å². The van der Waals surface area contributed by atoms with Crippen molar-refractivity contribution in [2.75, 3.05) is 26.3 Å². The molecule has 29 heavy (non-hydrogen) atoms. The number of hydrogen-bond acceptors (Lipinski definition) is 4. The zero-order chi connectivity index (χ0) is 20.5. The van der Waals surface area contributed by atoms with Gasteiger partial charge in [-0.25, -0.2) is 0 Å². The first-order valence-electron chi connectivity index (χ1n) is 11.2. The van der Waals surface area contributed by atoms with E-state index in [1.54, 1.807) is 0 Å². The molecule has 1 unspecified atom stereocenters. The van der Waals surface area contributed by atoms with E-state index in [1.165, 1.54) is 5.56 Å². The van der Waals surface area contributed by atoms with E-state index in [0.29, 0.717) is 6.04 Å². The average molecular weight is 403 g/mol. The molecule has 2 fully saturated rings. The van der Waals surface area contributed by atoms with Crippen molar-refractivity contribution in [1.82, 2.24) is 16.0 Å². The summed E-state index contributed by atoms with van der Waals surface area (Å²) in [4.78, 5) is 4.98. The van der Waals surface area contributed by atoms with Crippen molar-refractivity contribution in [2.24, 2.45) is 4.99 Å². The molecule has 1 heterocycles. The van der Waals surface area contributed by atoms with E-state index in [0.717, 1.165) is 70.8 Å². The molecule has 1 aliphatic heterocycles.